The molecule has 2 aliphatic carbocycles. The molecule has 0 saturated heterocycles. The third-order valence-electron chi connectivity index (χ3n) is 9.05. The van der Waals surface area contributed by atoms with Crippen LogP contribution in [-0.2, 0) is 6.42 Å². The van der Waals surface area contributed by atoms with Crippen molar-refractivity contribution >= 4 is 37.8 Å². The Morgan fingerprint density at radius 3 is 2.58 bits per heavy atom. The van der Waals surface area contributed by atoms with Gasteiger partial charge in [-0.3, -0.25) is 0 Å². The first-order chi connectivity index (χ1) is 15.4. The number of aromatic carboxylic acids is 1. The number of alkyl halides is 2. The molecule has 6 atom stereocenters. The maximum Gasteiger partial charge on any atom is 0.335 e. The number of carbonyl (C=O) groups is 1. The van der Waals surface area contributed by atoms with Gasteiger partial charge in [0.1, 0.15) is 5.75 Å². The largest absolute Gasteiger partial charge is 0.478 e. The lowest BCUT2D eigenvalue weighted by atomic mass is 9.56. The van der Waals surface area contributed by atoms with Crippen LogP contribution in [0.15, 0.2) is 30.0 Å². The summed E-state index contributed by atoms with van der Waals surface area (Å²) >= 11 is 7.94. The first-order valence-corrected chi connectivity index (χ1v) is 13.9. The van der Waals surface area contributed by atoms with E-state index in [2.05, 4.69) is 52.6 Å². The van der Waals surface area contributed by atoms with Crippen LogP contribution in [-0.4, -0.2) is 31.4 Å². The predicted molar refractivity (Wildman–Crippen MR) is 138 cm³/mol. The van der Waals surface area contributed by atoms with Gasteiger partial charge >= 0.3 is 5.97 Å². The lowest BCUT2D eigenvalue weighted by Gasteiger charge is -2.53. The summed E-state index contributed by atoms with van der Waals surface area (Å²) < 4.78 is 6.04. The van der Waals surface area contributed by atoms with E-state index in [1.165, 1.54) is 5.57 Å². The summed E-state index contributed by atoms with van der Waals surface area (Å²) in [5, 5.41) is 20.8. The van der Waals surface area contributed by atoms with Gasteiger partial charge in [-0.25, -0.2) is 4.79 Å². The molecule has 0 amide bonds. The Labute approximate surface area is 214 Å². The molecular formula is C27H36Br2O4. The van der Waals surface area contributed by atoms with Gasteiger partial charge in [-0.05, 0) is 104 Å². The molecule has 1 aromatic carbocycles. The molecule has 1 heterocycles. The van der Waals surface area contributed by atoms with Crippen LogP contribution in [0.2, 0.25) is 0 Å². The van der Waals surface area contributed by atoms with E-state index in [-0.39, 0.29) is 22.7 Å². The van der Waals surface area contributed by atoms with Gasteiger partial charge in [0.15, 0.2) is 0 Å². The molecule has 0 aromatic heterocycles. The van der Waals surface area contributed by atoms with Crippen LogP contribution < -0.4 is 4.74 Å². The molecule has 1 aromatic rings. The van der Waals surface area contributed by atoms with Gasteiger partial charge in [-0.1, -0.05) is 52.6 Å². The van der Waals surface area contributed by atoms with Gasteiger partial charge in [-0.2, -0.15) is 0 Å². The first kappa shape index (κ1) is 25.2. The van der Waals surface area contributed by atoms with Crippen molar-refractivity contribution in [3.05, 3.63) is 41.2 Å². The zero-order valence-electron chi connectivity index (χ0n) is 20.0. The van der Waals surface area contributed by atoms with E-state index in [4.69, 9.17) is 4.74 Å². The molecule has 4 rings (SSSR count). The Bertz CT molecular complexity index is 953. The van der Waals surface area contributed by atoms with Crippen molar-refractivity contribution in [2.45, 2.75) is 87.9 Å². The molecule has 0 radical (unpaired) electrons. The molecule has 33 heavy (non-hydrogen) atoms. The molecule has 2 saturated carbocycles. The standard InChI is InChI=1S/C27H36Br2O4/c1-25(2)21(27(4,32)12-10-22(25)28)9-11-26(3)19-14-18-13-16(24(30)31)5-7-20(18)33-15-17(19)6-8-23(26)29/h5,7,13,15,19,21-23,32H,6,8-12,14H2,1-4H3,(H,30,31)/t19-,21?,22?,23+,26+,27?/m1/s1. The number of carboxylic acid groups (broad SMARTS) is 1. The number of ether oxygens (including phenoxy) is 1. The minimum Gasteiger partial charge on any atom is -0.478 e. The summed E-state index contributed by atoms with van der Waals surface area (Å²) in [7, 11) is 0. The highest BCUT2D eigenvalue weighted by Crippen LogP contribution is 2.57. The predicted octanol–water partition coefficient (Wildman–Crippen LogP) is 7.11. The monoisotopic (exact) mass is 582 g/mol. The van der Waals surface area contributed by atoms with Crippen molar-refractivity contribution in [2.75, 3.05) is 0 Å². The number of hydrogen-bond acceptors (Lipinski definition) is 3. The van der Waals surface area contributed by atoms with Gasteiger partial charge in [0, 0.05) is 9.65 Å². The molecule has 2 fully saturated rings. The van der Waals surface area contributed by atoms with Crippen LogP contribution in [0, 0.1) is 22.7 Å². The maximum atomic E-state index is 11.6. The third kappa shape index (κ3) is 4.56. The molecule has 1 aliphatic heterocycles. The number of carboxylic acids is 1. The highest BCUT2D eigenvalue weighted by Gasteiger charge is 2.52. The Kier molecular flexibility index (Phi) is 6.87. The SMILES string of the molecule is CC1(O)CCC(Br)C(C)(C)C1CC[C@@]1(C)[C@@H]2Cc3cc(C(=O)O)ccc3OC=C2CC[C@@H]1Br. The quantitative estimate of drug-likeness (QED) is 0.370. The van der Waals surface area contributed by atoms with E-state index >= 15 is 0 Å². The van der Waals surface area contributed by atoms with Crippen LogP contribution in [0.3, 0.4) is 0 Å². The fourth-order valence-corrected chi connectivity index (χ4v) is 8.07. The smallest absolute Gasteiger partial charge is 0.335 e. The van der Waals surface area contributed by atoms with Gasteiger partial charge in [0.2, 0.25) is 0 Å². The van der Waals surface area contributed by atoms with Crippen molar-refractivity contribution in [2.24, 2.45) is 22.7 Å². The highest BCUT2D eigenvalue weighted by molar-refractivity contribution is 9.09. The van der Waals surface area contributed by atoms with Crippen molar-refractivity contribution < 1.29 is 19.7 Å². The lowest BCUT2D eigenvalue weighted by Crippen LogP contribution is -2.52. The van der Waals surface area contributed by atoms with Gasteiger partial charge in [-0.15, -0.1) is 0 Å². The average Bonchev–Trinajstić information content (AvgIpc) is 2.93. The number of aliphatic hydroxyl groups is 1. The van der Waals surface area contributed by atoms with Crippen LogP contribution in [0.25, 0.3) is 0 Å². The summed E-state index contributed by atoms with van der Waals surface area (Å²) in [6, 6.07) is 5.18. The fraction of sp³-hybridized carbons (Fsp3) is 0.667. The van der Waals surface area contributed by atoms with Crippen LogP contribution in [0.4, 0.5) is 0 Å². The molecule has 0 spiro atoms. The number of halogens is 2. The summed E-state index contributed by atoms with van der Waals surface area (Å²) in [4.78, 5) is 12.3. The number of allylic oxidation sites excluding steroid dienone is 1. The van der Waals surface area contributed by atoms with Crippen molar-refractivity contribution in [1.29, 1.82) is 0 Å². The minimum absolute atomic E-state index is 0.00279. The lowest BCUT2D eigenvalue weighted by molar-refractivity contribution is -0.0932. The Balaban J connectivity index is 1.64. The van der Waals surface area contributed by atoms with Crippen molar-refractivity contribution in [3.8, 4) is 5.75 Å². The zero-order valence-corrected chi connectivity index (χ0v) is 23.2. The Morgan fingerprint density at radius 2 is 1.88 bits per heavy atom. The average molecular weight is 584 g/mol. The first-order valence-electron chi connectivity index (χ1n) is 12.1. The van der Waals surface area contributed by atoms with E-state index in [1.54, 1.807) is 18.2 Å². The van der Waals surface area contributed by atoms with E-state index in [9.17, 15) is 15.0 Å². The van der Waals surface area contributed by atoms with Crippen LogP contribution >= 0.6 is 31.9 Å². The topological polar surface area (TPSA) is 66.8 Å². The van der Waals surface area contributed by atoms with E-state index in [1.807, 2.05) is 13.2 Å². The molecular weight excluding hydrogens is 548 g/mol. The van der Waals surface area contributed by atoms with Crippen molar-refractivity contribution in [1.82, 2.24) is 0 Å². The number of benzene rings is 1. The van der Waals surface area contributed by atoms with Crippen LogP contribution in [0.5, 0.6) is 5.75 Å². The van der Waals surface area contributed by atoms with Crippen LogP contribution in [0.1, 0.15) is 82.1 Å². The summed E-state index contributed by atoms with van der Waals surface area (Å²) in [6.45, 7) is 8.95. The normalized spacial score (nSPS) is 37.7. The second-order valence-electron chi connectivity index (χ2n) is 11.5. The Morgan fingerprint density at radius 1 is 1.15 bits per heavy atom. The molecule has 4 nitrogen and oxygen atoms in total. The summed E-state index contributed by atoms with van der Waals surface area (Å²) in [6.07, 6.45) is 8.46. The zero-order chi connectivity index (χ0) is 24.2. The number of rotatable bonds is 4. The van der Waals surface area contributed by atoms with E-state index in [0.29, 0.717) is 15.2 Å². The van der Waals surface area contributed by atoms with E-state index < -0.39 is 11.6 Å². The number of fused-ring (bicyclic) bond motifs is 2. The molecule has 2 N–H and O–H groups in total. The van der Waals surface area contributed by atoms with Gasteiger partial charge in [0.05, 0.1) is 17.4 Å². The molecule has 3 unspecified atom stereocenters. The molecule has 0 bridgehead atoms. The fourth-order valence-electron chi connectivity index (χ4n) is 6.74. The highest BCUT2D eigenvalue weighted by atomic mass is 79.9. The summed E-state index contributed by atoms with van der Waals surface area (Å²) in [5.74, 6) is 0.305. The maximum absolute atomic E-state index is 11.6. The Hall–Kier alpha value is -0.850. The minimum atomic E-state index is -0.911. The molecule has 6 heteroatoms. The van der Waals surface area contributed by atoms with Gasteiger partial charge in [0.25, 0.3) is 0 Å². The number of hydrogen-bond donors (Lipinski definition) is 2. The van der Waals surface area contributed by atoms with E-state index in [0.717, 1.165) is 56.3 Å². The second-order valence-corrected chi connectivity index (χ2v) is 13.7. The van der Waals surface area contributed by atoms with Crippen molar-refractivity contribution in [3.63, 3.8) is 0 Å². The summed E-state index contributed by atoms with van der Waals surface area (Å²) in [5.41, 5.74) is 1.88. The molecule has 3 aliphatic rings. The molecule has 182 valence electrons. The third-order valence-corrected chi connectivity index (χ3v) is 12.2. The van der Waals surface area contributed by atoms with Gasteiger partial charge < -0.3 is 14.9 Å². The second kappa shape index (κ2) is 8.98.